The number of rotatable bonds is 13. The molecule has 2 aromatic rings. The number of carbonyl (C=O) groups excluding carboxylic acids is 5. The SMILES string of the molecule is CC(C)(O)c1cnnn1[C@H]1C[C@@H](C(=O)NC2(C(=O)C(N)=O)CCSCC2)N(C(=O)C(CC2CCCCC2)NC(=O)c2ccc(S(=O)(=O)N3CC4(COC4)C3)cc2)C1. The van der Waals surface area contributed by atoms with Gasteiger partial charge in [0.2, 0.25) is 27.6 Å². The van der Waals surface area contributed by atoms with Crippen molar-refractivity contribution in [3.63, 3.8) is 0 Å². The van der Waals surface area contributed by atoms with Crippen LogP contribution in [0.25, 0.3) is 0 Å². The molecule has 3 atom stereocenters. The van der Waals surface area contributed by atoms with Crippen molar-refractivity contribution >= 4 is 51.2 Å². The minimum Gasteiger partial charge on any atom is -0.384 e. The molecule has 1 aromatic carbocycles. The Hall–Kier alpha value is -3.91. The van der Waals surface area contributed by atoms with Crippen LogP contribution in [0.4, 0.5) is 0 Å². The molecule has 4 aliphatic heterocycles. The minimum atomic E-state index is -3.76. The highest BCUT2D eigenvalue weighted by molar-refractivity contribution is 7.99. The number of carbonyl (C=O) groups is 5. The average Bonchev–Trinajstić information content (AvgIpc) is 3.82. The van der Waals surface area contributed by atoms with Crippen LogP contribution in [0.2, 0.25) is 0 Å². The summed E-state index contributed by atoms with van der Waals surface area (Å²) in [6.07, 6.45) is 6.94. The number of ketones is 1. The van der Waals surface area contributed by atoms with Crippen molar-refractivity contribution in [3.05, 3.63) is 41.7 Å². The van der Waals surface area contributed by atoms with Gasteiger partial charge in [0.15, 0.2) is 0 Å². The third-order valence-corrected chi connectivity index (χ3v) is 15.1. The van der Waals surface area contributed by atoms with Gasteiger partial charge in [0.05, 0.1) is 36.0 Å². The predicted molar refractivity (Wildman–Crippen MR) is 207 cm³/mol. The van der Waals surface area contributed by atoms with E-state index in [4.69, 9.17) is 10.5 Å². The van der Waals surface area contributed by atoms with Crippen molar-refractivity contribution in [2.45, 2.75) is 106 Å². The average molecular weight is 829 g/mol. The van der Waals surface area contributed by atoms with Gasteiger partial charge in [-0.1, -0.05) is 37.3 Å². The van der Waals surface area contributed by atoms with E-state index in [1.54, 1.807) is 25.6 Å². The van der Waals surface area contributed by atoms with Crippen molar-refractivity contribution in [2.75, 3.05) is 44.4 Å². The highest BCUT2D eigenvalue weighted by atomic mass is 32.2. The molecule has 19 heteroatoms. The first-order valence-corrected chi connectivity index (χ1v) is 22.3. The lowest BCUT2D eigenvalue weighted by Crippen LogP contribution is -2.66. The second-order valence-corrected chi connectivity index (χ2v) is 20.1. The van der Waals surface area contributed by atoms with Gasteiger partial charge in [-0.25, -0.2) is 13.1 Å². The van der Waals surface area contributed by atoms with Crippen LogP contribution in [-0.2, 0) is 39.5 Å². The van der Waals surface area contributed by atoms with Crippen LogP contribution >= 0.6 is 11.8 Å². The molecule has 5 N–H and O–H groups in total. The van der Waals surface area contributed by atoms with Crippen LogP contribution in [-0.4, -0.2) is 129 Å². The van der Waals surface area contributed by atoms with Gasteiger partial charge in [-0.15, -0.1) is 5.10 Å². The number of aliphatic hydroxyl groups is 1. The van der Waals surface area contributed by atoms with Gasteiger partial charge in [0, 0.05) is 37.0 Å². The quantitative estimate of drug-likeness (QED) is 0.206. The molecule has 0 radical (unpaired) electrons. The molecule has 17 nitrogen and oxygen atoms in total. The minimum absolute atomic E-state index is 0.0243. The summed E-state index contributed by atoms with van der Waals surface area (Å²) < 4.78 is 34.7. The molecule has 1 unspecified atom stereocenters. The number of nitrogens with two attached hydrogens (primary N) is 1. The normalized spacial score (nSPS) is 24.2. The first-order valence-electron chi connectivity index (χ1n) is 19.7. The Morgan fingerprint density at radius 1 is 1.05 bits per heavy atom. The molecule has 5 fully saturated rings. The standard InChI is InChI=1S/C38H52N8O9S2/c1-36(2,52)30-18-40-43-46(30)26-17-29(34(50)42-38(31(47)32(39)48)12-14-56-15-13-38)45(19-26)35(51)28(16-24-6-4-3-5-7-24)41-33(49)25-8-10-27(11-9-25)57(53,54)44-20-37(21-44)22-55-23-37/h8-11,18,24,26,28-29,52H,3-7,12-17,19-23H2,1-2H3,(H2,39,48)(H,41,49)(H,42,50)/t26-,28?,29-/m0/s1. The molecule has 4 amide bonds. The molecule has 1 saturated carbocycles. The van der Waals surface area contributed by atoms with Crippen molar-refractivity contribution in [1.82, 2.24) is 34.8 Å². The Morgan fingerprint density at radius 3 is 2.32 bits per heavy atom. The van der Waals surface area contributed by atoms with E-state index in [0.717, 1.165) is 32.1 Å². The van der Waals surface area contributed by atoms with Gasteiger partial charge < -0.3 is 31.1 Å². The molecule has 1 aliphatic carbocycles. The second kappa shape index (κ2) is 16.0. The maximum absolute atomic E-state index is 14.9. The highest BCUT2D eigenvalue weighted by Gasteiger charge is 2.53. The van der Waals surface area contributed by atoms with E-state index in [9.17, 15) is 37.5 Å². The van der Waals surface area contributed by atoms with E-state index in [1.807, 2.05) is 0 Å². The Balaban J connectivity index is 1.15. The number of primary amides is 1. The second-order valence-electron chi connectivity index (χ2n) is 17.0. The first kappa shape index (κ1) is 41.3. The molecule has 1 aromatic heterocycles. The van der Waals surface area contributed by atoms with Gasteiger partial charge in [-0.3, -0.25) is 24.0 Å². The Morgan fingerprint density at radius 2 is 1.72 bits per heavy atom. The number of nitrogens with zero attached hydrogens (tertiary/aromatic N) is 5. The van der Waals surface area contributed by atoms with Crippen molar-refractivity contribution < 1.29 is 42.2 Å². The van der Waals surface area contributed by atoms with Crippen LogP contribution < -0.4 is 16.4 Å². The molecule has 5 heterocycles. The van der Waals surface area contributed by atoms with Crippen LogP contribution in [0.3, 0.4) is 0 Å². The number of thioether (sulfide) groups is 1. The van der Waals surface area contributed by atoms with Gasteiger partial charge in [0.1, 0.15) is 23.2 Å². The van der Waals surface area contributed by atoms with E-state index in [0.29, 0.717) is 49.9 Å². The number of Topliss-reactive ketones (excluding diaryl/α,β-unsaturated/α-hetero) is 1. The van der Waals surface area contributed by atoms with Crippen LogP contribution in [0.5, 0.6) is 0 Å². The van der Waals surface area contributed by atoms with Crippen LogP contribution in [0.1, 0.15) is 93.7 Å². The van der Waals surface area contributed by atoms with E-state index in [1.165, 1.54) is 44.3 Å². The molecular weight excluding hydrogens is 777 g/mol. The number of nitrogens with one attached hydrogen (secondary N) is 2. The zero-order valence-electron chi connectivity index (χ0n) is 32.4. The van der Waals surface area contributed by atoms with Gasteiger partial charge in [-0.05, 0) is 74.8 Å². The lowest BCUT2D eigenvalue weighted by atomic mass is 9.80. The summed E-state index contributed by atoms with van der Waals surface area (Å²) in [4.78, 5) is 70.1. The van der Waals surface area contributed by atoms with E-state index in [-0.39, 0.29) is 47.6 Å². The van der Waals surface area contributed by atoms with Gasteiger partial charge in [0.25, 0.3) is 11.8 Å². The van der Waals surface area contributed by atoms with E-state index < -0.39 is 68.7 Å². The summed E-state index contributed by atoms with van der Waals surface area (Å²) >= 11 is 1.59. The topological polar surface area (TPSA) is 236 Å². The summed E-state index contributed by atoms with van der Waals surface area (Å²) in [5.74, 6) is -2.63. The molecule has 4 saturated heterocycles. The van der Waals surface area contributed by atoms with Crippen LogP contribution in [0, 0.1) is 11.3 Å². The summed E-state index contributed by atoms with van der Waals surface area (Å²) in [6, 6.07) is 2.82. The van der Waals surface area contributed by atoms with E-state index in [2.05, 4.69) is 20.9 Å². The Labute approximate surface area is 336 Å². The third kappa shape index (κ3) is 8.35. The number of benzene rings is 1. The van der Waals surface area contributed by atoms with Crippen LogP contribution in [0.15, 0.2) is 35.4 Å². The summed E-state index contributed by atoms with van der Waals surface area (Å²) in [5.41, 5.74) is 3.01. The van der Waals surface area contributed by atoms with Crippen molar-refractivity contribution in [3.8, 4) is 0 Å². The zero-order valence-corrected chi connectivity index (χ0v) is 34.0. The summed E-state index contributed by atoms with van der Waals surface area (Å²) in [6.45, 7) is 4.98. The number of ether oxygens (including phenoxy) is 1. The number of sulfonamides is 1. The van der Waals surface area contributed by atoms with E-state index >= 15 is 0 Å². The highest BCUT2D eigenvalue weighted by Crippen LogP contribution is 2.41. The number of likely N-dealkylation sites (tertiary alicyclic amines) is 1. The molecule has 0 bridgehead atoms. The molecule has 57 heavy (non-hydrogen) atoms. The molecule has 1 spiro atoms. The number of aromatic nitrogens is 3. The molecule has 7 rings (SSSR count). The van der Waals surface area contributed by atoms with Crippen molar-refractivity contribution in [1.29, 1.82) is 0 Å². The zero-order chi connectivity index (χ0) is 40.8. The number of hydrogen-bond donors (Lipinski definition) is 4. The number of hydrogen-bond acceptors (Lipinski definition) is 12. The summed E-state index contributed by atoms with van der Waals surface area (Å²) in [7, 11) is -3.76. The molecule has 5 aliphatic rings. The summed E-state index contributed by atoms with van der Waals surface area (Å²) in [5, 5.41) is 24.9. The first-order chi connectivity index (χ1) is 27.0. The number of amides is 4. The Kier molecular flexibility index (Phi) is 11.6. The fraction of sp³-hybridized carbons (Fsp3) is 0.658. The fourth-order valence-corrected chi connectivity index (χ4v) is 11.8. The fourth-order valence-electron chi connectivity index (χ4n) is 8.91. The Bertz CT molecular complexity index is 1980. The smallest absolute Gasteiger partial charge is 0.287 e. The lowest BCUT2D eigenvalue weighted by Gasteiger charge is -2.53. The largest absolute Gasteiger partial charge is 0.384 e. The monoisotopic (exact) mass is 828 g/mol. The predicted octanol–water partition coefficient (Wildman–Crippen LogP) is 0.874. The molecular formula is C38H52N8O9S2. The third-order valence-electron chi connectivity index (χ3n) is 12.3. The lowest BCUT2D eigenvalue weighted by molar-refractivity contribution is -0.166. The maximum atomic E-state index is 14.9. The van der Waals surface area contributed by atoms with Crippen molar-refractivity contribution in [2.24, 2.45) is 17.1 Å². The maximum Gasteiger partial charge on any atom is 0.287 e. The van der Waals surface area contributed by atoms with Gasteiger partial charge >= 0.3 is 0 Å². The molecule has 310 valence electrons. The van der Waals surface area contributed by atoms with Gasteiger partial charge in [-0.2, -0.15) is 16.1 Å².